The molecule has 0 aliphatic heterocycles. The second-order valence-corrected chi connectivity index (χ2v) is 4.58. The molecule has 3 nitrogen and oxygen atoms in total. The van der Waals surface area contributed by atoms with Crippen LogP contribution >= 0.6 is 27.7 Å². The van der Waals surface area contributed by atoms with Gasteiger partial charge in [0.2, 0.25) is 5.91 Å². The van der Waals surface area contributed by atoms with Crippen LogP contribution in [0, 0.1) is 0 Å². The number of anilines is 1. The van der Waals surface area contributed by atoms with E-state index in [0.717, 1.165) is 9.37 Å². The SMILES string of the molecule is CNC(=O)CSc1cc(Br)ccc1N. The minimum Gasteiger partial charge on any atom is -0.398 e. The lowest BCUT2D eigenvalue weighted by atomic mass is 10.3. The van der Waals surface area contributed by atoms with Gasteiger partial charge in [-0.3, -0.25) is 4.79 Å². The Bertz CT molecular complexity index is 344. The average molecular weight is 275 g/mol. The van der Waals surface area contributed by atoms with Gasteiger partial charge in [-0.15, -0.1) is 11.8 Å². The third-order valence-electron chi connectivity index (χ3n) is 1.61. The molecule has 0 bridgehead atoms. The molecule has 1 amide bonds. The van der Waals surface area contributed by atoms with Crippen LogP contribution in [0.5, 0.6) is 0 Å². The minimum absolute atomic E-state index is 0.00521. The summed E-state index contributed by atoms with van der Waals surface area (Å²) in [6.45, 7) is 0. The zero-order valence-corrected chi connectivity index (χ0v) is 10.1. The van der Waals surface area contributed by atoms with Crippen LogP contribution in [0.3, 0.4) is 0 Å². The molecule has 1 aromatic rings. The Hall–Kier alpha value is -0.680. The zero-order valence-electron chi connectivity index (χ0n) is 7.71. The van der Waals surface area contributed by atoms with Gasteiger partial charge in [0.05, 0.1) is 5.75 Å². The number of carbonyl (C=O) groups is 1. The number of carbonyl (C=O) groups excluding carboxylic acids is 1. The predicted octanol–water partition coefficient (Wildman–Crippen LogP) is 1.87. The van der Waals surface area contributed by atoms with Crippen molar-refractivity contribution in [1.29, 1.82) is 0 Å². The van der Waals surface area contributed by atoms with Crippen molar-refractivity contribution in [3.05, 3.63) is 22.7 Å². The van der Waals surface area contributed by atoms with Crippen LogP contribution in [-0.4, -0.2) is 18.7 Å². The summed E-state index contributed by atoms with van der Waals surface area (Å²) in [5, 5.41) is 2.56. The summed E-state index contributed by atoms with van der Waals surface area (Å²) >= 11 is 4.78. The topological polar surface area (TPSA) is 55.1 Å². The lowest BCUT2D eigenvalue weighted by molar-refractivity contribution is -0.118. The number of benzene rings is 1. The molecule has 14 heavy (non-hydrogen) atoms. The molecule has 76 valence electrons. The zero-order chi connectivity index (χ0) is 10.6. The molecule has 0 fully saturated rings. The number of nitrogens with one attached hydrogen (secondary N) is 1. The van der Waals surface area contributed by atoms with Crippen molar-refractivity contribution in [3.8, 4) is 0 Å². The van der Waals surface area contributed by atoms with Crippen molar-refractivity contribution in [3.63, 3.8) is 0 Å². The molecule has 0 aliphatic carbocycles. The summed E-state index contributed by atoms with van der Waals surface area (Å²) in [7, 11) is 1.62. The molecule has 0 aromatic heterocycles. The average Bonchev–Trinajstić information content (AvgIpc) is 2.19. The van der Waals surface area contributed by atoms with E-state index >= 15 is 0 Å². The Balaban J connectivity index is 2.66. The van der Waals surface area contributed by atoms with Gasteiger partial charge in [0.1, 0.15) is 0 Å². The highest BCUT2D eigenvalue weighted by Gasteiger charge is 2.03. The van der Waals surface area contributed by atoms with Crippen molar-refractivity contribution in [2.24, 2.45) is 0 Å². The van der Waals surface area contributed by atoms with E-state index in [9.17, 15) is 4.79 Å². The van der Waals surface area contributed by atoms with Gasteiger partial charge < -0.3 is 11.1 Å². The van der Waals surface area contributed by atoms with Crippen LogP contribution < -0.4 is 11.1 Å². The van der Waals surface area contributed by atoms with Crippen LogP contribution in [0.2, 0.25) is 0 Å². The molecule has 0 spiro atoms. The quantitative estimate of drug-likeness (QED) is 0.654. The van der Waals surface area contributed by atoms with Crippen molar-refractivity contribution >= 4 is 39.3 Å². The number of thioether (sulfide) groups is 1. The van der Waals surface area contributed by atoms with E-state index < -0.39 is 0 Å². The smallest absolute Gasteiger partial charge is 0.230 e. The molecule has 0 aliphatic rings. The molecule has 0 atom stereocenters. The van der Waals surface area contributed by atoms with Gasteiger partial charge in [0.25, 0.3) is 0 Å². The van der Waals surface area contributed by atoms with Crippen molar-refractivity contribution in [2.75, 3.05) is 18.5 Å². The van der Waals surface area contributed by atoms with Crippen molar-refractivity contribution < 1.29 is 4.79 Å². The predicted molar refractivity (Wildman–Crippen MR) is 63.3 cm³/mol. The van der Waals surface area contributed by atoms with Gasteiger partial charge in [-0.1, -0.05) is 15.9 Å². The van der Waals surface area contributed by atoms with E-state index in [0.29, 0.717) is 11.4 Å². The van der Waals surface area contributed by atoms with Gasteiger partial charge in [-0.2, -0.15) is 0 Å². The molecule has 0 radical (unpaired) electrons. The van der Waals surface area contributed by atoms with E-state index in [-0.39, 0.29) is 5.91 Å². The van der Waals surface area contributed by atoms with Gasteiger partial charge in [0.15, 0.2) is 0 Å². The van der Waals surface area contributed by atoms with E-state index in [1.165, 1.54) is 11.8 Å². The van der Waals surface area contributed by atoms with E-state index in [4.69, 9.17) is 5.73 Å². The van der Waals surface area contributed by atoms with Gasteiger partial charge in [-0.25, -0.2) is 0 Å². The number of nitrogens with two attached hydrogens (primary N) is 1. The van der Waals surface area contributed by atoms with Crippen LogP contribution in [0.15, 0.2) is 27.6 Å². The lowest BCUT2D eigenvalue weighted by Crippen LogP contribution is -2.19. The summed E-state index contributed by atoms with van der Waals surface area (Å²) in [5.41, 5.74) is 6.44. The van der Waals surface area contributed by atoms with Crippen LogP contribution in [0.4, 0.5) is 5.69 Å². The second-order valence-electron chi connectivity index (χ2n) is 2.64. The number of rotatable bonds is 3. The van der Waals surface area contributed by atoms with Gasteiger partial charge in [-0.05, 0) is 18.2 Å². The third-order valence-corrected chi connectivity index (χ3v) is 3.18. The molecular weight excluding hydrogens is 264 g/mol. The first-order valence-electron chi connectivity index (χ1n) is 4.02. The molecule has 0 heterocycles. The Labute approximate surface area is 95.6 Å². The highest BCUT2D eigenvalue weighted by Crippen LogP contribution is 2.27. The fraction of sp³-hybridized carbons (Fsp3) is 0.222. The standard InChI is InChI=1S/C9H11BrN2OS/c1-12-9(13)5-14-8-4-6(10)2-3-7(8)11/h2-4H,5,11H2,1H3,(H,12,13). The van der Waals surface area contributed by atoms with Crippen LogP contribution in [0.1, 0.15) is 0 Å². The van der Waals surface area contributed by atoms with Gasteiger partial charge in [0, 0.05) is 22.1 Å². The highest BCUT2D eigenvalue weighted by atomic mass is 79.9. The Morgan fingerprint density at radius 2 is 2.36 bits per heavy atom. The van der Waals surface area contributed by atoms with Crippen LogP contribution in [-0.2, 0) is 4.79 Å². The van der Waals surface area contributed by atoms with E-state index in [1.807, 2.05) is 18.2 Å². The monoisotopic (exact) mass is 274 g/mol. The number of halogens is 1. The fourth-order valence-corrected chi connectivity index (χ4v) is 2.24. The molecule has 5 heteroatoms. The number of nitrogen functional groups attached to an aromatic ring is 1. The molecule has 0 saturated carbocycles. The molecule has 3 N–H and O–H groups in total. The summed E-state index contributed by atoms with van der Waals surface area (Å²) in [4.78, 5) is 11.9. The first-order chi connectivity index (χ1) is 6.63. The Kier molecular flexibility index (Phi) is 4.28. The first-order valence-corrected chi connectivity index (χ1v) is 5.79. The molecular formula is C9H11BrN2OS. The largest absolute Gasteiger partial charge is 0.398 e. The maximum atomic E-state index is 11.0. The summed E-state index contributed by atoms with van der Waals surface area (Å²) < 4.78 is 0.964. The van der Waals surface area contributed by atoms with Crippen molar-refractivity contribution in [2.45, 2.75) is 4.90 Å². The fourth-order valence-electron chi connectivity index (χ4n) is 0.849. The van der Waals surface area contributed by atoms with Gasteiger partial charge >= 0.3 is 0 Å². The maximum absolute atomic E-state index is 11.0. The molecule has 1 aromatic carbocycles. The highest BCUT2D eigenvalue weighted by molar-refractivity contribution is 9.10. The minimum atomic E-state index is -0.00521. The number of hydrogen-bond acceptors (Lipinski definition) is 3. The van der Waals surface area contributed by atoms with E-state index in [2.05, 4.69) is 21.2 Å². The van der Waals surface area contributed by atoms with Crippen LogP contribution in [0.25, 0.3) is 0 Å². The Morgan fingerprint density at radius 1 is 1.64 bits per heavy atom. The third kappa shape index (κ3) is 3.23. The lowest BCUT2D eigenvalue weighted by Gasteiger charge is -2.04. The summed E-state index contributed by atoms with van der Waals surface area (Å²) in [5.74, 6) is 0.381. The summed E-state index contributed by atoms with van der Waals surface area (Å²) in [6, 6.07) is 5.60. The Morgan fingerprint density at radius 3 is 3.00 bits per heavy atom. The first kappa shape index (κ1) is 11.4. The van der Waals surface area contributed by atoms with E-state index in [1.54, 1.807) is 7.05 Å². The maximum Gasteiger partial charge on any atom is 0.230 e. The summed E-state index contributed by atoms with van der Waals surface area (Å²) in [6.07, 6.45) is 0. The molecule has 0 unspecified atom stereocenters. The normalized spacial score (nSPS) is 9.86. The number of hydrogen-bond donors (Lipinski definition) is 2. The second kappa shape index (κ2) is 5.26. The molecule has 0 saturated heterocycles. The number of amides is 1. The molecule has 1 rings (SSSR count). The van der Waals surface area contributed by atoms with Crippen molar-refractivity contribution in [1.82, 2.24) is 5.32 Å².